The second kappa shape index (κ2) is 10.7. The fraction of sp³-hybridized carbons (Fsp3) is 0.296. The maximum atomic E-state index is 13.8. The monoisotopic (exact) mass is 570 g/mol. The van der Waals surface area contributed by atoms with Crippen LogP contribution in [-0.4, -0.2) is 62.2 Å². The van der Waals surface area contributed by atoms with Crippen molar-refractivity contribution in [3.63, 3.8) is 0 Å². The van der Waals surface area contributed by atoms with Crippen LogP contribution in [0.15, 0.2) is 54.6 Å². The molecular formula is C27H25F3N6O3S. The van der Waals surface area contributed by atoms with Crippen molar-refractivity contribution >= 4 is 40.6 Å². The molecule has 0 radical (unpaired) electrons. The van der Waals surface area contributed by atoms with Crippen molar-refractivity contribution in [2.24, 2.45) is 0 Å². The predicted octanol–water partition coefficient (Wildman–Crippen LogP) is 4.81. The lowest BCUT2D eigenvalue weighted by Gasteiger charge is -2.32. The third-order valence-corrected chi connectivity index (χ3v) is 7.03. The number of ether oxygens (including phenoxy) is 1. The Balaban J connectivity index is 1.44. The highest BCUT2D eigenvalue weighted by Crippen LogP contribution is 2.36. The third-order valence-electron chi connectivity index (χ3n) is 6.84. The largest absolute Gasteiger partial charge is 0.489 e. The number of nitrogens with zero attached hydrogens (tertiary/aromatic N) is 4. The quantitative estimate of drug-likeness (QED) is 0.322. The van der Waals surface area contributed by atoms with Crippen LogP contribution in [-0.2, 0) is 16.2 Å². The minimum atomic E-state index is -5.15. The summed E-state index contributed by atoms with van der Waals surface area (Å²) in [5, 5.41) is 6.32. The van der Waals surface area contributed by atoms with Gasteiger partial charge in [0.05, 0.1) is 17.5 Å². The number of rotatable bonds is 6. The van der Waals surface area contributed by atoms with E-state index in [2.05, 4.69) is 20.2 Å². The number of alkyl halides is 3. The number of carbonyl (C=O) groups is 2. The first-order chi connectivity index (χ1) is 19.0. The van der Waals surface area contributed by atoms with Crippen molar-refractivity contribution in [3.8, 4) is 5.75 Å². The smallest absolute Gasteiger partial charge is 0.471 e. The van der Waals surface area contributed by atoms with Crippen LogP contribution in [0, 0.1) is 11.7 Å². The number of fused-ring (bicyclic) bond motifs is 1. The predicted molar refractivity (Wildman–Crippen MR) is 143 cm³/mol. The highest BCUT2D eigenvalue weighted by Gasteiger charge is 2.50. The fourth-order valence-electron chi connectivity index (χ4n) is 5.01. The number of aryl methyl sites for hydroxylation is 1. The zero-order valence-electron chi connectivity index (χ0n) is 21.5. The number of anilines is 1. The SMILES string of the molecule is CC(=O)N1CC(c2nc(=S)[nH][nH]2)C(N(C(=O)C(F)(F)F)c2ccc(OCc3cc(C)nc4ccccc34)cc2)C1. The molecular weight excluding hydrogens is 545 g/mol. The zero-order chi connectivity index (χ0) is 28.6. The highest BCUT2D eigenvalue weighted by atomic mass is 32.1. The minimum Gasteiger partial charge on any atom is -0.489 e. The maximum Gasteiger partial charge on any atom is 0.471 e. The Kier molecular flexibility index (Phi) is 7.32. The van der Waals surface area contributed by atoms with Crippen LogP contribution in [0.5, 0.6) is 5.75 Å². The lowest BCUT2D eigenvalue weighted by molar-refractivity contribution is -0.171. The zero-order valence-corrected chi connectivity index (χ0v) is 22.3. The second-order valence-corrected chi connectivity index (χ2v) is 9.93. The number of para-hydroxylation sites is 1. The average molecular weight is 571 g/mol. The van der Waals surface area contributed by atoms with Gasteiger partial charge in [0.2, 0.25) is 10.7 Å². The normalized spacial score (nSPS) is 17.3. The molecule has 40 heavy (non-hydrogen) atoms. The van der Waals surface area contributed by atoms with Gasteiger partial charge in [0.1, 0.15) is 18.2 Å². The standard InChI is InChI=1S/C27H25F3N6O3S/c1-15-11-17(20-5-3-4-6-22(20)31-15)14-39-19-9-7-18(8-10-19)36(25(38)27(28,29)30)23-13-35(16(2)37)12-21(23)24-32-26(40)34-33-24/h3-11,21,23H,12-14H2,1-2H3,(H2,32,33,34,40). The number of H-pyrrole nitrogens is 2. The van der Waals surface area contributed by atoms with E-state index in [0.29, 0.717) is 10.6 Å². The van der Waals surface area contributed by atoms with Gasteiger partial charge in [0.25, 0.3) is 0 Å². The molecule has 2 amide bonds. The summed E-state index contributed by atoms with van der Waals surface area (Å²) in [6.07, 6.45) is -5.15. The number of benzene rings is 2. The van der Waals surface area contributed by atoms with Crippen molar-refractivity contribution in [2.45, 2.75) is 38.6 Å². The summed E-state index contributed by atoms with van der Waals surface area (Å²) >= 11 is 5.01. The molecule has 2 aromatic carbocycles. The fourth-order valence-corrected chi connectivity index (χ4v) is 5.16. The lowest BCUT2D eigenvalue weighted by Crippen LogP contribution is -2.50. The number of nitrogens with one attached hydrogen (secondary N) is 2. The van der Waals surface area contributed by atoms with Crippen molar-refractivity contribution < 1.29 is 27.5 Å². The van der Waals surface area contributed by atoms with Gasteiger partial charge in [-0.05, 0) is 55.5 Å². The van der Waals surface area contributed by atoms with Gasteiger partial charge in [0, 0.05) is 42.3 Å². The number of likely N-dealkylation sites (tertiary alicyclic amines) is 1. The summed E-state index contributed by atoms with van der Waals surface area (Å²) < 4.78 is 47.5. The number of amides is 2. The number of halogens is 3. The number of pyridine rings is 1. The summed E-state index contributed by atoms with van der Waals surface area (Å²) in [4.78, 5) is 35.7. The van der Waals surface area contributed by atoms with E-state index in [4.69, 9.17) is 17.0 Å². The molecule has 0 spiro atoms. The summed E-state index contributed by atoms with van der Waals surface area (Å²) in [5.74, 6) is -2.44. The number of aromatic nitrogens is 4. The molecule has 0 aliphatic carbocycles. The molecule has 2 atom stereocenters. The molecule has 208 valence electrons. The van der Waals surface area contributed by atoms with Gasteiger partial charge >= 0.3 is 12.1 Å². The van der Waals surface area contributed by atoms with Crippen molar-refractivity contribution in [1.29, 1.82) is 0 Å². The van der Waals surface area contributed by atoms with E-state index in [-0.39, 0.29) is 41.9 Å². The van der Waals surface area contributed by atoms with E-state index in [1.165, 1.54) is 36.1 Å². The summed E-state index contributed by atoms with van der Waals surface area (Å²) in [6.45, 7) is 3.38. The van der Waals surface area contributed by atoms with E-state index in [1.54, 1.807) is 0 Å². The molecule has 2 N–H and O–H groups in total. The number of aromatic amines is 2. The number of hydrogen-bond donors (Lipinski definition) is 2. The average Bonchev–Trinajstić information content (AvgIpc) is 3.54. The van der Waals surface area contributed by atoms with Gasteiger partial charge in [-0.3, -0.25) is 29.7 Å². The maximum absolute atomic E-state index is 13.8. The first-order valence-corrected chi connectivity index (χ1v) is 12.8. The molecule has 5 rings (SSSR count). The highest BCUT2D eigenvalue weighted by molar-refractivity contribution is 7.71. The van der Waals surface area contributed by atoms with Crippen molar-refractivity contribution in [1.82, 2.24) is 25.1 Å². The summed E-state index contributed by atoms with van der Waals surface area (Å²) in [7, 11) is 0. The van der Waals surface area contributed by atoms with Crippen LogP contribution in [0.2, 0.25) is 0 Å². The Hall–Kier alpha value is -4.26. The van der Waals surface area contributed by atoms with E-state index in [0.717, 1.165) is 22.2 Å². The van der Waals surface area contributed by atoms with Gasteiger partial charge in [0.15, 0.2) is 0 Å². The molecule has 9 nitrogen and oxygen atoms in total. The van der Waals surface area contributed by atoms with E-state index in [9.17, 15) is 22.8 Å². The van der Waals surface area contributed by atoms with Gasteiger partial charge < -0.3 is 9.64 Å². The van der Waals surface area contributed by atoms with Gasteiger partial charge in [-0.25, -0.2) is 4.98 Å². The van der Waals surface area contributed by atoms with E-state index in [1.807, 2.05) is 37.3 Å². The molecule has 1 saturated heterocycles. The Bertz CT molecular complexity index is 1620. The van der Waals surface area contributed by atoms with Crippen LogP contribution in [0.1, 0.15) is 29.9 Å². The van der Waals surface area contributed by atoms with Crippen molar-refractivity contribution in [3.05, 3.63) is 76.5 Å². The third kappa shape index (κ3) is 5.55. The molecule has 13 heteroatoms. The van der Waals surface area contributed by atoms with Gasteiger partial charge in [-0.2, -0.15) is 13.2 Å². The van der Waals surface area contributed by atoms with Gasteiger partial charge in [-0.1, -0.05) is 18.2 Å². The van der Waals surface area contributed by atoms with E-state index >= 15 is 0 Å². The van der Waals surface area contributed by atoms with Crippen molar-refractivity contribution in [2.75, 3.05) is 18.0 Å². The van der Waals surface area contributed by atoms with Gasteiger partial charge in [-0.15, -0.1) is 0 Å². The first-order valence-electron chi connectivity index (χ1n) is 12.4. The summed E-state index contributed by atoms with van der Waals surface area (Å²) in [6, 6.07) is 14.3. The van der Waals surface area contributed by atoms with Crippen LogP contribution < -0.4 is 9.64 Å². The topological polar surface area (TPSA) is 107 Å². The molecule has 2 aromatic heterocycles. The summed E-state index contributed by atoms with van der Waals surface area (Å²) in [5.41, 5.74) is 2.59. The van der Waals surface area contributed by atoms with Crippen LogP contribution >= 0.6 is 12.2 Å². The van der Waals surface area contributed by atoms with E-state index < -0.39 is 24.0 Å². The Labute approximate surface area is 232 Å². The molecule has 1 aliphatic rings. The van der Waals surface area contributed by atoms with Crippen LogP contribution in [0.25, 0.3) is 10.9 Å². The second-order valence-electron chi connectivity index (χ2n) is 9.55. The number of hydrogen-bond acceptors (Lipinski definition) is 6. The van der Waals surface area contributed by atoms with Crippen LogP contribution in [0.4, 0.5) is 18.9 Å². The molecule has 1 aliphatic heterocycles. The molecule has 0 bridgehead atoms. The minimum absolute atomic E-state index is 0.00872. The lowest BCUT2D eigenvalue weighted by atomic mass is 10.00. The molecule has 4 aromatic rings. The molecule has 0 saturated carbocycles. The molecule has 3 heterocycles. The molecule has 2 unspecified atom stereocenters. The molecule has 1 fully saturated rings. The first kappa shape index (κ1) is 27.3. The Morgan fingerprint density at radius 2 is 1.82 bits per heavy atom. The Morgan fingerprint density at radius 3 is 2.48 bits per heavy atom. The van der Waals surface area contributed by atoms with Crippen LogP contribution in [0.3, 0.4) is 0 Å². The number of carbonyl (C=O) groups excluding carboxylic acids is 2. The Morgan fingerprint density at radius 1 is 1.10 bits per heavy atom.